The smallest absolute Gasteiger partial charge is 0.306 e. The third kappa shape index (κ3) is 6.11. The standard InChI is InChI=1S/C14H21F3N6O6S2/c1-10(24)19-14(20-12(25)13(15,16)17,31(28,29)23(18-2)22(3)4)21-30(26,27)11-8-6-5-7-9-11/h5-9,18,21H,1-4H3,(H,19,24)(H,20,25). The zero-order valence-corrected chi connectivity index (χ0v) is 18.3. The van der Waals surface area contributed by atoms with Crippen molar-refractivity contribution in [1.29, 1.82) is 0 Å². The molecule has 0 bridgehead atoms. The lowest BCUT2D eigenvalue weighted by molar-refractivity contribution is -0.175. The zero-order chi connectivity index (χ0) is 24.3. The van der Waals surface area contributed by atoms with Crippen molar-refractivity contribution >= 4 is 31.9 Å². The summed E-state index contributed by atoms with van der Waals surface area (Å²) >= 11 is 0. The summed E-state index contributed by atoms with van der Waals surface area (Å²) in [7, 11) is -6.94. The van der Waals surface area contributed by atoms with E-state index in [1.165, 1.54) is 22.9 Å². The molecule has 4 N–H and O–H groups in total. The van der Waals surface area contributed by atoms with E-state index in [0.29, 0.717) is 6.92 Å². The maximum Gasteiger partial charge on any atom is 0.471 e. The van der Waals surface area contributed by atoms with Gasteiger partial charge in [0, 0.05) is 28.1 Å². The first-order chi connectivity index (χ1) is 14.0. The summed E-state index contributed by atoms with van der Waals surface area (Å²) < 4.78 is 92.6. The van der Waals surface area contributed by atoms with Gasteiger partial charge in [-0.2, -0.15) is 17.9 Å². The Labute approximate surface area is 176 Å². The molecule has 31 heavy (non-hydrogen) atoms. The van der Waals surface area contributed by atoms with Crippen LogP contribution in [0.25, 0.3) is 0 Å². The molecule has 0 fully saturated rings. The molecule has 0 spiro atoms. The van der Waals surface area contributed by atoms with Crippen molar-refractivity contribution in [2.24, 2.45) is 0 Å². The largest absolute Gasteiger partial charge is 0.471 e. The number of rotatable bonds is 9. The van der Waals surface area contributed by atoms with Gasteiger partial charge < -0.3 is 5.32 Å². The average molecular weight is 490 g/mol. The van der Waals surface area contributed by atoms with E-state index in [1.807, 2.05) is 0 Å². The van der Waals surface area contributed by atoms with Crippen LogP contribution in [0.3, 0.4) is 0 Å². The minimum Gasteiger partial charge on any atom is -0.306 e. The number of carbonyl (C=O) groups is 2. The Bertz CT molecular complexity index is 1020. The second-order valence-corrected chi connectivity index (χ2v) is 9.64. The van der Waals surface area contributed by atoms with Gasteiger partial charge in [-0.1, -0.05) is 22.7 Å². The van der Waals surface area contributed by atoms with Gasteiger partial charge in [0.25, 0.3) is 10.0 Å². The molecule has 0 saturated carbocycles. The van der Waals surface area contributed by atoms with Gasteiger partial charge in [0.15, 0.2) is 0 Å². The second kappa shape index (κ2) is 9.45. The van der Waals surface area contributed by atoms with E-state index in [9.17, 15) is 39.6 Å². The summed E-state index contributed by atoms with van der Waals surface area (Å²) in [5, 5.41) is -0.235. The highest BCUT2D eigenvalue weighted by atomic mass is 32.2. The number of sulfonamides is 2. The summed E-state index contributed by atoms with van der Waals surface area (Å²) in [4.78, 5) is 22.9. The molecule has 1 unspecified atom stereocenters. The topological polar surface area (TPSA) is 157 Å². The van der Waals surface area contributed by atoms with Crippen molar-refractivity contribution in [2.45, 2.75) is 23.1 Å². The summed E-state index contributed by atoms with van der Waals surface area (Å²) in [5.74, 6) is -4.12. The molecule has 12 nitrogen and oxygen atoms in total. The number of alkyl halides is 3. The Hall–Kier alpha value is -2.31. The number of benzene rings is 1. The van der Waals surface area contributed by atoms with E-state index < -0.39 is 48.1 Å². The van der Waals surface area contributed by atoms with Crippen LogP contribution >= 0.6 is 0 Å². The van der Waals surface area contributed by atoms with Crippen LogP contribution in [-0.2, 0) is 29.6 Å². The van der Waals surface area contributed by atoms with E-state index in [0.717, 1.165) is 43.6 Å². The Morgan fingerprint density at radius 3 is 1.87 bits per heavy atom. The second-order valence-electron chi connectivity index (χ2n) is 6.05. The zero-order valence-electron chi connectivity index (χ0n) is 16.7. The molecule has 0 radical (unpaired) electrons. The fourth-order valence-corrected chi connectivity index (χ4v) is 5.54. The predicted octanol–water partition coefficient (Wildman–Crippen LogP) is -1.37. The summed E-state index contributed by atoms with van der Waals surface area (Å²) in [6.45, 7) is 0.709. The molecule has 0 aliphatic heterocycles. The summed E-state index contributed by atoms with van der Waals surface area (Å²) in [5.41, 5.74) is 2.11. The van der Waals surface area contributed by atoms with Gasteiger partial charge in [-0.05, 0) is 12.1 Å². The van der Waals surface area contributed by atoms with Crippen molar-refractivity contribution in [2.75, 3.05) is 21.1 Å². The van der Waals surface area contributed by atoms with Crippen LogP contribution < -0.4 is 20.8 Å². The Balaban J connectivity index is 3.83. The van der Waals surface area contributed by atoms with Gasteiger partial charge in [0.05, 0.1) is 4.90 Å². The van der Waals surface area contributed by atoms with Crippen LogP contribution in [0.1, 0.15) is 6.92 Å². The molecule has 1 aromatic carbocycles. The number of hydrogen-bond acceptors (Lipinski definition) is 8. The van der Waals surface area contributed by atoms with Crippen LogP contribution in [0.15, 0.2) is 35.2 Å². The molecule has 0 aliphatic carbocycles. The Morgan fingerprint density at radius 2 is 1.48 bits per heavy atom. The highest BCUT2D eigenvalue weighted by Crippen LogP contribution is 2.22. The first kappa shape index (κ1) is 26.7. The average Bonchev–Trinajstić information content (AvgIpc) is 2.60. The van der Waals surface area contributed by atoms with E-state index >= 15 is 0 Å². The molecule has 1 aromatic rings. The van der Waals surface area contributed by atoms with Crippen LogP contribution in [-0.4, -0.2) is 70.6 Å². The van der Waals surface area contributed by atoms with Crippen LogP contribution in [0, 0.1) is 0 Å². The number of hydrazine groups is 2. The normalized spacial score (nSPS) is 14.9. The first-order valence-corrected chi connectivity index (χ1v) is 11.1. The van der Waals surface area contributed by atoms with Crippen molar-refractivity contribution in [3.05, 3.63) is 30.3 Å². The summed E-state index contributed by atoms with van der Waals surface area (Å²) in [6, 6.07) is 5.98. The highest BCUT2D eigenvalue weighted by Gasteiger charge is 2.56. The maximum atomic E-state index is 13.2. The van der Waals surface area contributed by atoms with Crippen LogP contribution in [0.4, 0.5) is 13.2 Å². The Morgan fingerprint density at radius 1 is 0.968 bits per heavy atom. The molecule has 0 saturated heterocycles. The lowest BCUT2D eigenvalue weighted by atomic mass is 10.4. The van der Waals surface area contributed by atoms with Crippen molar-refractivity contribution in [3.8, 4) is 0 Å². The molecular formula is C14H21F3N6O6S2. The molecule has 0 aliphatic rings. The minimum absolute atomic E-state index is 0.201. The Kier molecular flexibility index (Phi) is 8.15. The van der Waals surface area contributed by atoms with Crippen molar-refractivity contribution in [1.82, 2.24) is 30.3 Å². The van der Waals surface area contributed by atoms with Gasteiger partial charge in [0.1, 0.15) is 0 Å². The van der Waals surface area contributed by atoms with Crippen LogP contribution in [0.2, 0.25) is 0 Å². The van der Waals surface area contributed by atoms with Gasteiger partial charge >= 0.3 is 17.2 Å². The SMILES string of the molecule is CNN(N(C)C)S(=O)(=O)C(NC(C)=O)(NC(=O)C(F)(F)F)NS(=O)(=O)c1ccccc1. The molecular weight excluding hydrogens is 469 g/mol. The number of nitrogens with zero attached hydrogens (tertiary/aromatic N) is 2. The van der Waals surface area contributed by atoms with E-state index in [4.69, 9.17) is 0 Å². The number of nitrogens with one attached hydrogen (secondary N) is 4. The third-order valence-corrected chi connectivity index (χ3v) is 7.04. The quantitative estimate of drug-likeness (QED) is 0.244. The molecule has 0 heterocycles. The highest BCUT2D eigenvalue weighted by molar-refractivity contribution is 7.93. The van der Waals surface area contributed by atoms with Gasteiger partial charge in [-0.15, -0.1) is 0 Å². The lowest BCUT2D eigenvalue weighted by Crippen LogP contribution is -2.78. The molecule has 176 valence electrons. The monoisotopic (exact) mass is 490 g/mol. The fraction of sp³-hybridized carbons (Fsp3) is 0.429. The summed E-state index contributed by atoms with van der Waals surface area (Å²) in [6.07, 6.45) is -5.62. The third-order valence-electron chi connectivity index (χ3n) is 3.40. The molecule has 2 amide bonds. The molecule has 1 rings (SSSR count). The lowest BCUT2D eigenvalue weighted by Gasteiger charge is -2.39. The fourth-order valence-electron chi connectivity index (χ4n) is 2.26. The van der Waals surface area contributed by atoms with Gasteiger partial charge in [-0.3, -0.25) is 14.9 Å². The maximum absolute atomic E-state index is 13.2. The van der Waals surface area contributed by atoms with Crippen molar-refractivity contribution < 1.29 is 39.6 Å². The van der Waals surface area contributed by atoms with Gasteiger partial charge in [0.2, 0.25) is 15.9 Å². The molecule has 17 heteroatoms. The van der Waals surface area contributed by atoms with E-state index in [-0.39, 0.29) is 4.52 Å². The number of hydrogen-bond donors (Lipinski definition) is 4. The first-order valence-electron chi connectivity index (χ1n) is 8.17. The van der Waals surface area contributed by atoms with E-state index in [2.05, 4.69) is 5.43 Å². The molecule has 0 aromatic heterocycles. The minimum atomic E-state index is -5.62. The van der Waals surface area contributed by atoms with Crippen LogP contribution in [0.5, 0.6) is 0 Å². The number of amides is 2. The van der Waals surface area contributed by atoms with E-state index in [1.54, 1.807) is 5.32 Å². The predicted molar refractivity (Wildman–Crippen MR) is 101 cm³/mol. The number of carbonyl (C=O) groups excluding carboxylic acids is 2. The van der Waals surface area contributed by atoms with Crippen molar-refractivity contribution in [3.63, 3.8) is 0 Å². The number of halogens is 3. The van der Waals surface area contributed by atoms with Gasteiger partial charge in [-0.25, -0.2) is 27.3 Å². The molecule has 1 atom stereocenters.